The molecule has 0 bridgehead atoms. The number of hydrogen-bond donors (Lipinski definition) is 2. The van der Waals surface area contributed by atoms with Crippen molar-refractivity contribution in [3.8, 4) is 17.2 Å². The molecule has 2 aromatic rings. The summed E-state index contributed by atoms with van der Waals surface area (Å²) in [6.45, 7) is 3.83. The molecule has 7 nitrogen and oxygen atoms in total. The van der Waals surface area contributed by atoms with Gasteiger partial charge in [0.2, 0.25) is 11.8 Å². The van der Waals surface area contributed by atoms with Gasteiger partial charge in [-0.15, -0.1) is 0 Å². The van der Waals surface area contributed by atoms with Gasteiger partial charge in [0, 0.05) is 6.07 Å². The third-order valence-electron chi connectivity index (χ3n) is 4.77. The Morgan fingerprint density at radius 1 is 0.897 bits per heavy atom. The Labute approximate surface area is 170 Å². The molecule has 0 heterocycles. The van der Waals surface area contributed by atoms with Crippen LogP contribution in [-0.2, 0) is 9.59 Å². The predicted molar refractivity (Wildman–Crippen MR) is 111 cm³/mol. The molecule has 3 rings (SSSR count). The Balaban J connectivity index is 1.76. The molecule has 0 unspecified atom stereocenters. The van der Waals surface area contributed by atoms with E-state index in [4.69, 9.17) is 14.2 Å². The minimum atomic E-state index is -1.11. The second-order valence-corrected chi connectivity index (χ2v) is 7.22. The zero-order valence-electron chi connectivity index (χ0n) is 17.1. The van der Waals surface area contributed by atoms with Gasteiger partial charge >= 0.3 is 0 Å². The van der Waals surface area contributed by atoms with Crippen LogP contribution in [0.4, 0.5) is 11.4 Å². The number of hydrogen-bond acceptors (Lipinski definition) is 5. The third kappa shape index (κ3) is 4.45. The summed E-state index contributed by atoms with van der Waals surface area (Å²) in [6, 6.07) is 12.3. The molecule has 1 fully saturated rings. The largest absolute Gasteiger partial charge is 0.497 e. The molecule has 2 amide bonds. The lowest BCUT2D eigenvalue weighted by Crippen LogP contribution is -2.35. The predicted octanol–water partition coefficient (Wildman–Crippen LogP) is 3.85. The first-order valence-corrected chi connectivity index (χ1v) is 9.50. The maximum Gasteiger partial charge on any atom is 0.240 e. The van der Waals surface area contributed by atoms with E-state index in [1.807, 2.05) is 26.0 Å². The quantitative estimate of drug-likeness (QED) is 0.660. The van der Waals surface area contributed by atoms with Gasteiger partial charge in [-0.05, 0) is 51.0 Å². The molecule has 7 heteroatoms. The standard InChI is InChI=1S/C22H26N2O5/c1-14(2)29-19-8-6-5-7-16(19)23-20(25)22(11-12-22)21(26)24-17-13-15(27-3)9-10-18(17)28-4/h5-10,13-14H,11-12H2,1-4H3,(H,23,25)(H,24,26). The van der Waals surface area contributed by atoms with Crippen molar-refractivity contribution in [3.63, 3.8) is 0 Å². The van der Waals surface area contributed by atoms with E-state index < -0.39 is 5.41 Å². The minimum absolute atomic E-state index is 0.0354. The molecule has 0 aromatic heterocycles. The highest BCUT2D eigenvalue weighted by Crippen LogP contribution is 2.48. The van der Waals surface area contributed by atoms with E-state index in [0.717, 1.165) is 0 Å². The van der Waals surface area contributed by atoms with Crippen molar-refractivity contribution in [2.75, 3.05) is 24.9 Å². The number of rotatable bonds is 8. The van der Waals surface area contributed by atoms with Gasteiger partial charge in [-0.25, -0.2) is 0 Å². The van der Waals surface area contributed by atoms with Crippen LogP contribution >= 0.6 is 0 Å². The average Bonchev–Trinajstić information content (AvgIpc) is 3.51. The zero-order chi connectivity index (χ0) is 21.0. The van der Waals surface area contributed by atoms with Gasteiger partial charge in [0.25, 0.3) is 0 Å². The fourth-order valence-electron chi connectivity index (χ4n) is 3.00. The molecule has 1 saturated carbocycles. The first-order valence-electron chi connectivity index (χ1n) is 9.50. The maximum atomic E-state index is 13.0. The molecule has 0 spiro atoms. The van der Waals surface area contributed by atoms with Crippen molar-refractivity contribution in [2.24, 2.45) is 5.41 Å². The van der Waals surface area contributed by atoms with Crippen LogP contribution in [0.25, 0.3) is 0 Å². The number of benzene rings is 2. The number of amides is 2. The van der Waals surface area contributed by atoms with E-state index in [9.17, 15) is 9.59 Å². The van der Waals surface area contributed by atoms with Crippen molar-refractivity contribution < 1.29 is 23.8 Å². The summed E-state index contributed by atoms with van der Waals surface area (Å²) in [7, 11) is 3.06. The van der Waals surface area contributed by atoms with Crippen LogP contribution in [0.5, 0.6) is 17.2 Å². The Morgan fingerprint density at radius 3 is 2.14 bits per heavy atom. The van der Waals surface area contributed by atoms with Gasteiger partial charge in [-0.1, -0.05) is 12.1 Å². The molecule has 1 aliphatic carbocycles. The first-order chi connectivity index (χ1) is 13.9. The molecule has 154 valence electrons. The fraction of sp³-hybridized carbons (Fsp3) is 0.364. The number of carbonyl (C=O) groups excluding carboxylic acids is 2. The lowest BCUT2D eigenvalue weighted by molar-refractivity contribution is -0.131. The average molecular weight is 398 g/mol. The van der Waals surface area contributed by atoms with Crippen LogP contribution < -0.4 is 24.8 Å². The van der Waals surface area contributed by atoms with Crippen LogP contribution in [0.3, 0.4) is 0 Å². The van der Waals surface area contributed by atoms with E-state index in [1.165, 1.54) is 7.11 Å². The highest BCUT2D eigenvalue weighted by Gasteiger charge is 2.56. The Kier molecular flexibility index (Phi) is 5.96. The SMILES string of the molecule is COc1ccc(OC)c(NC(=O)C2(C(=O)Nc3ccccc3OC(C)C)CC2)c1. The van der Waals surface area contributed by atoms with Gasteiger partial charge in [-0.2, -0.15) is 0 Å². The van der Waals surface area contributed by atoms with Gasteiger partial charge < -0.3 is 24.8 Å². The molecule has 0 saturated heterocycles. The summed E-state index contributed by atoms with van der Waals surface area (Å²) in [5, 5.41) is 5.67. The number of anilines is 2. The first kappa shape index (κ1) is 20.5. The molecule has 2 N–H and O–H groups in total. The maximum absolute atomic E-state index is 13.0. The summed E-state index contributed by atoms with van der Waals surface area (Å²) in [4.78, 5) is 25.9. The second kappa shape index (κ2) is 8.43. The lowest BCUT2D eigenvalue weighted by atomic mass is 10.0. The molecule has 0 aliphatic heterocycles. The van der Waals surface area contributed by atoms with Crippen molar-refractivity contribution in [1.29, 1.82) is 0 Å². The molecular formula is C22H26N2O5. The van der Waals surface area contributed by atoms with Gasteiger partial charge in [-0.3, -0.25) is 9.59 Å². The molecule has 1 aliphatic rings. The van der Waals surface area contributed by atoms with E-state index in [1.54, 1.807) is 37.4 Å². The van der Waals surface area contributed by atoms with Crippen molar-refractivity contribution in [3.05, 3.63) is 42.5 Å². The highest BCUT2D eigenvalue weighted by molar-refractivity contribution is 6.17. The molecule has 0 radical (unpaired) electrons. The summed E-state index contributed by atoms with van der Waals surface area (Å²) in [5.41, 5.74) is -0.109. The van der Waals surface area contributed by atoms with Crippen LogP contribution in [0.2, 0.25) is 0 Å². The van der Waals surface area contributed by atoms with E-state index in [-0.39, 0.29) is 17.9 Å². The lowest BCUT2D eigenvalue weighted by Gasteiger charge is -2.19. The van der Waals surface area contributed by atoms with Crippen LogP contribution in [0.1, 0.15) is 26.7 Å². The van der Waals surface area contributed by atoms with Crippen molar-refractivity contribution >= 4 is 23.2 Å². The Hall–Kier alpha value is -3.22. The molecular weight excluding hydrogens is 372 g/mol. The molecule has 29 heavy (non-hydrogen) atoms. The third-order valence-corrected chi connectivity index (χ3v) is 4.77. The number of ether oxygens (including phenoxy) is 3. The summed E-state index contributed by atoms with van der Waals surface area (Å²) in [6.07, 6.45) is 0.917. The van der Waals surface area contributed by atoms with Gasteiger partial charge in [0.05, 0.1) is 31.7 Å². The van der Waals surface area contributed by atoms with Crippen LogP contribution in [0, 0.1) is 5.41 Å². The van der Waals surface area contributed by atoms with Gasteiger partial charge in [0.15, 0.2) is 0 Å². The smallest absolute Gasteiger partial charge is 0.240 e. The summed E-state index contributed by atoms with van der Waals surface area (Å²) >= 11 is 0. The van der Waals surface area contributed by atoms with Gasteiger partial charge in [0.1, 0.15) is 22.7 Å². The number of nitrogens with one attached hydrogen (secondary N) is 2. The number of methoxy groups -OCH3 is 2. The zero-order valence-corrected chi connectivity index (χ0v) is 17.1. The fourth-order valence-corrected chi connectivity index (χ4v) is 3.00. The normalized spacial score (nSPS) is 14.1. The Bertz CT molecular complexity index is 906. The highest BCUT2D eigenvalue weighted by atomic mass is 16.5. The summed E-state index contributed by atoms with van der Waals surface area (Å²) < 4.78 is 16.3. The van der Waals surface area contributed by atoms with Crippen LogP contribution in [0.15, 0.2) is 42.5 Å². The number of para-hydroxylation sites is 2. The minimum Gasteiger partial charge on any atom is -0.497 e. The second-order valence-electron chi connectivity index (χ2n) is 7.22. The van der Waals surface area contributed by atoms with Crippen molar-refractivity contribution in [1.82, 2.24) is 0 Å². The topological polar surface area (TPSA) is 85.9 Å². The van der Waals surface area contributed by atoms with E-state index in [0.29, 0.717) is 41.5 Å². The van der Waals surface area contributed by atoms with E-state index in [2.05, 4.69) is 10.6 Å². The number of carbonyl (C=O) groups is 2. The van der Waals surface area contributed by atoms with Crippen LogP contribution in [-0.4, -0.2) is 32.1 Å². The monoisotopic (exact) mass is 398 g/mol. The Morgan fingerprint density at radius 2 is 1.55 bits per heavy atom. The van der Waals surface area contributed by atoms with E-state index >= 15 is 0 Å². The summed E-state index contributed by atoms with van der Waals surface area (Å²) in [5.74, 6) is 0.920. The molecule has 2 aromatic carbocycles. The molecule has 0 atom stereocenters. The van der Waals surface area contributed by atoms with Crippen molar-refractivity contribution in [2.45, 2.75) is 32.8 Å².